The van der Waals surface area contributed by atoms with E-state index in [0.29, 0.717) is 37.3 Å². The van der Waals surface area contributed by atoms with E-state index in [2.05, 4.69) is 15.5 Å². The zero-order valence-corrected chi connectivity index (χ0v) is 15.9. The summed E-state index contributed by atoms with van der Waals surface area (Å²) in [7, 11) is 0. The van der Waals surface area contributed by atoms with Crippen molar-refractivity contribution >= 4 is 11.8 Å². The Bertz CT molecular complexity index is 896. The van der Waals surface area contributed by atoms with Crippen molar-refractivity contribution in [2.24, 2.45) is 0 Å². The highest BCUT2D eigenvalue weighted by Crippen LogP contribution is 2.30. The van der Waals surface area contributed by atoms with Crippen LogP contribution in [-0.2, 0) is 22.6 Å². The number of amides is 2. The molecule has 1 aromatic carbocycles. The summed E-state index contributed by atoms with van der Waals surface area (Å²) in [6, 6.07) is 6.08. The van der Waals surface area contributed by atoms with Crippen LogP contribution in [-0.4, -0.2) is 64.0 Å². The van der Waals surface area contributed by atoms with E-state index in [1.54, 1.807) is 23.1 Å². The largest absolute Gasteiger partial charge is 0.353 e. The van der Waals surface area contributed by atoms with Crippen molar-refractivity contribution in [2.45, 2.75) is 32.4 Å². The average molecular weight is 385 g/mol. The van der Waals surface area contributed by atoms with Crippen molar-refractivity contribution in [3.63, 3.8) is 0 Å². The van der Waals surface area contributed by atoms with Crippen molar-refractivity contribution < 1.29 is 14.0 Å². The maximum Gasteiger partial charge on any atom is 0.237 e. The van der Waals surface area contributed by atoms with Gasteiger partial charge in [0, 0.05) is 49.4 Å². The van der Waals surface area contributed by atoms with E-state index in [-0.39, 0.29) is 24.1 Å². The molecule has 0 saturated carbocycles. The minimum atomic E-state index is -0.428. The predicted molar refractivity (Wildman–Crippen MR) is 102 cm³/mol. The maximum atomic E-state index is 14.2. The van der Waals surface area contributed by atoms with Crippen LogP contribution in [0.2, 0.25) is 0 Å². The number of likely N-dealkylation sites (N-methyl/N-ethyl adjacent to an activating group) is 1. The molecule has 2 aromatic rings. The Labute approximate surface area is 162 Å². The van der Waals surface area contributed by atoms with Crippen molar-refractivity contribution in [1.82, 2.24) is 25.3 Å². The number of nitrogens with zero attached hydrogens (tertiary/aromatic N) is 3. The lowest BCUT2D eigenvalue weighted by Crippen LogP contribution is -2.56. The van der Waals surface area contributed by atoms with E-state index >= 15 is 0 Å². The Balaban J connectivity index is 1.52. The number of aromatic amines is 1. The highest BCUT2D eigenvalue weighted by molar-refractivity contribution is 5.89. The van der Waals surface area contributed by atoms with Gasteiger partial charge in [-0.25, -0.2) is 4.39 Å². The molecular weight excluding hydrogens is 361 g/mol. The first-order valence-electron chi connectivity index (χ1n) is 9.69. The molecule has 0 radical (unpaired) electrons. The lowest BCUT2D eigenvalue weighted by molar-refractivity contribution is -0.139. The Morgan fingerprint density at radius 3 is 2.93 bits per heavy atom. The van der Waals surface area contributed by atoms with Crippen LogP contribution in [0.1, 0.15) is 24.6 Å². The van der Waals surface area contributed by atoms with Crippen LogP contribution < -0.4 is 5.32 Å². The topological polar surface area (TPSA) is 81.3 Å². The number of benzene rings is 1. The SMILES string of the molecule is CCN1CCNC(=O)[C@H]1CC(=O)N1CCc2[nH]nc(-c3ccccc3F)c2C1. The number of hydrogen-bond acceptors (Lipinski definition) is 4. The van der Waals surface area contributed by atoms with E-state index in [4.69, 9.17) is 0 Å². The van der Waals surface area contributed by atoms with Crippen LogP contribution in [0.3, 0.4) is 0 Å². The smallest absolute Gasteiger partial charge is 0.237 e. The number of rotatable bonds is 4. The van der Waals surface area contributed by atoms with Gasteiger partial charge in [0.25, 0.3) is 0 Å². The van der Waals surface area contributed by atoms with Gasteiger partial charge in [0.15, 0.2) is 0 Å². The zero-order chi connectivity index (χ0) is 19.7. The summed E-state index contributed by atoms with van der Waals surface area (Å²) in [4.78, 5) is 29.0. The van der Waals surface area contributed by atoms with Crippen LogP contribution in [0, 0.1) is 5.82 Å². The number of hydrogen-bond donors (Lipinski definition) is 2. The van der Waals surface area contributed by atoms with Crippen LogP contribution in [0.4, 0.5) is 4.39 Å². The molecule has 4 rings (SSSR count). The first-order valence-corrected chi connectivity index (χ1v) is 9.69. The number of carbonyl (C=O) groups excluding carboxylic acids is 2. The monoisotopic (exact) mass is 385 g/mol. The normalized spacial score (nSPS) is 20.0. The molecular formula is C20H24FN5O2. The van der Waals surface area contributed by atoms with Crippen LogP contribution in [0.15, 0.2) is 24.3 Å². The fraction of sp³-hybridized carbons (Fsp3) is 0.450. The van der Waals surface area contributed by atoms with Gasteiger partial charge in [-0.1, -0.05) is 19.1 Å². The second kappa shape index (κ2) is 7.71. The number of nitrogens with one attached hydrogen (secondary N) is 2. The number of piperazine rings is 1. The number of fused-ring (bicyclic) bond motifs is 1. The summed E-state index contributed by atoms with van der Waals surface area (Å²) < 4.78 is 14.2. The summed E-state index contributed by atoms with van der Waals surface area (Å²) in [5.74, 6) is -0.487. The molecule has 3 heterocycles. The highest BCUT2D eigenvalue weighted by Gasteiger charge is 2.33. The molecule has 0 aliphatic carbocycles. The minimum absolute atomic E-state index is 0.0631. The van der Waals surface area contributed by atoms with Crippen molar-refractivity contribution in [3.05, 3.63) is 41.3 Å². The van der Waals surface area contributed by atoms with Gasteiger partial charge < -0.3 is 10.2 Å². The standard InChI is InChI=1S/C20H24FN5O2/c1-2-25-10-8-22-20(28)17(25)11-18(27)26-9-7-16-14(12-26)19(24-23-16)13-5-3-4-6-15(13)21/h3-6,17H,2,7-12H2,1H3,(H,22,28)(H,23,24)/t17-/m1/s1. The third-order valence-electron chi connectivity index (χ3n) is 5.63. The molecule has 1 aromatic heterocycles. The Kier molecular flexibility index (Phi) is 5.13. The van der Waals surface area contributed by atoms with Gasteiger partial charge in [0.2, 0.25) is 11.8 Å². The molecule has 1 saturated heterocycles. The van der Waals surface area contributed by atoms with Gasteiger partial charge in [-0.05, 0) is 18.7 Å². The molecule has 7 nitrogen and oxygen atoms in total. The maximum absolute atomic E-state index is 14.2. The second-order valence-electron chi connectivity index (χ2n) is 7.21. The van der Waals surface area contributed by atoms with Gasteiger partial charge in [-0.15, -0.1) is 0 Å². The number of aromatic nitrogens is 2. The molecule has 2 amide bonds. The van der Waals surface area contributed by atoms with Crippen molar-refractivity contribution in [3.8, 4) is 11.3 Å². The molecule has 0 bridgehead atoms. The zero-order valence-electron chi connectivity index (χ0n) is 15.9. The first kappa shape index (κ1) is 18.6. The molecule has 2 N–H and O–H groups in total. The third-order valence-corrected chi connectivity index (χ3v) is 5.63. The number of halogens is 1. The molecule has 2 aliphatic heterocycles. The van der Waals surface area contributed by atoms with E-state index < -0.39 is 6.04 Å². The Morgan fingerprint density at radius 2 is 2.14 bits per heavy atom. The average Bonchev–Trinajstić information content (AvgIpc) is 3.12. The summed E-state index contributed by atoms with van der Waals surface area (Å²) >= 11 is 0. The van der Waals surface area contributed by atoms with Gasteiger partial charge in [0.05, 0.1) is 12.5 Å². The van der Waals surface area contributed by atoms with Crippen LogP contribution >= 0.6 is 0 Å². The summed E-state index contributed by atoms with van der Waals surface area (Å²) in [5.41, 5.74) is 2.77. The number of carbonyl (C=O) groups is 2. The molecule has 2 aliphatic rings. The van der Waals surface area contributed by atoms with Crippen molar-refractivity contribution in [2.75, 3.05) is 26.2 Å². The van der Waals surface area contributed by atoms with Crippen LogP contribution in [0.5, 0.6) is 0 Å². The first-order chi connectivity index (χ1) is 13.6. The van der Waals surface area contributed by atoms with Crippen molar-refractivity contribution in [1.29, 1.82) is 0 Å². The lowest BCUT2D eigenvalue weighted by atomic mass is 9.99. The van der Waals surface area contributed by atoms with E-state index in [1.807, 2.05) is 11.8 Å². The quantitative estimate of drug-likeness (QED) is 0.832. The predicted octanol–water partition coefficient (Wildman–Crippen LogP) is 1.31. The molecule has 1 fully saturated rings. The minimum Gasteiger partial charge on any atom is -0.353 e. The Morgan fingerprint density at radius 1 is 1.32 bits per heavy atom. The molecule has 0 spiro atoms. The molecule has 1 atom stereocenters. The summed E-state index contributed by atoms with van der Waals surface area (Å²) in [6.45, 7) is 5.03. The van der Waals surface area contributed by atoms with Gasteiger partial charge in [-0.3, -0.25) is 19.6 Å². The number of H-pyrrole nitrogens is 1. The lowest BCUT2D eigenvalue weighted by Gasteiger charge is -2.35. The fourth-order valence-corrected chi connectivity index (χ4v) is 4.04. The molecule has 28 heavy (non-hydrogen) atoms. The van der Waals surface area contributed by atoms with E-state index in [9.17, 15) is 14.0 Å². The Hall–Kier alpha value is -2.74. The molecule has 0 unspecified atom stereocenters. The fourth-order valence-electron chi connectivity index (χ4n) is 4.04. The van der Waals surface area contributed by atoms with E-state index in [0.717, 1.165) is 24.3 Å². The van der Waals surface area contributed by atoms with Gasteiger partial charge in [0.1, 0.15) is 11.5 Å². The van der Waals surface area contributed by atoms with Crippen LogP contribution in [0.25, 0.3) is 11.3 Å². The molecule has 148 valence electrons. The second-order valence-corrected chi connectivity index (χ2v) is 7.21. The summed E-state index contributed by atoms with van der Waals surface area (Å²) in [5, 5.41) is 10.1. The van der Waals surface area contributed by atoms with Gasteiger partial charge >= 0.3 is 0 Å². The third kappa shape index (κ3) is 3.40. The summed E-state index contributed by atoms with van der Waals surface area (Å²) in [6.07, 6.45) is 0.790. The highest BCUT2D eigenvalue weighted by atomic mass is 19.1. The van der Waals surface area contributed by atoms with E-state index in [1.165, 1.54) is 6.07 Å². The molecule has 8 heteroatoms. The van der Waals surface area contributed by atoms with Gasteiger partial charge in [-0.2, -0.15) is 5.10 Å².